The summed E-state index contributed by atoms with van der Waals surface area (Å²) < 4.78 is 9.93. The summed E-state index contributed by atoms with van der Waals surface area (Å²) in [5, 5.41) is 11.0. The Morgan fingerprint density at radius 2 is 1.63 bits per heavy atom. The molecule has 19 heavy (non-hydrogen) atoms. The second-order valence-electron chi connectivity index (χ2n) is 2.98. The van der Waals surface area contributed by atoms with Crippen LogP contribution in [0.2, 0.25) is 10.3 Å². The fourth-order valence-electron chi connectivity index (χ4n) is 0.936. The minimum absolute atomic E-state index is 0.120. The Labute approximate surface area is 119 Å². The highest BCUT2D eigenvalue weighted by Crippen LogP contribution is 2.07. The summed E-state index contributed by atoms with van der Waals surface area (Å²) in [5.41, 5.74) is 0. The number of aromatic nitrogens is 4. The maximum Gasteiger partial charge on any atom is 0.282 e. The van der Waals surface area contributed by atoms with Crippen molar-refractivity contribution in [3.63, 3.8) is 0 Å². The van der Waals surface area contributed by atoms with E-state index in [1.807, 2.05) is 0 Å². The molecule has 2 rings (SSSR count). The van der Waals surface area contributed by atoms with Gasteiger partial charge in [-0.25, -0.2) is 0 Å². The molecule has 0 aliphatic rings. The molecule has 0 aromatic carbocycles. The van der Waals surface area contributed by atoms with E-state index < -0.39 is 0 Å². The number of rotatable bonds is 2. The summed E-state index contributed by atoms with van der Waals surface area (Å²) in [5.74, 6) is 0.644. The Morgan fingerprint density at radius 1 is 1.00 bits per heavy atom. The van der Waals surface area contributed by atoms with Gasteiger partial charge in [-0.1, -0.05) is 23.2 Å². The lowest BCUT2D eigenvalue weighted by Gasteiger charge is -1.98. The lowest BCUT2D eigenvalue weighted by Crippen LogP contribution is -2.25. The normalized spacial score (nSPS) is 9.26. The highest BCUT2D eigenvalue weighted by Gasteiger charge is 2.01. The lowest BCUT2D eigenvalue weighted by molar-refractivity contribution is -0.606. The number of halogens is 2. The molecule has 2 aromatic heterocycles. The van der Waals surface area contributed by atoms with Gasteiger partial charge in [-0.15, -0.1) is 0 Å². The Balaban J connectivity index is 0.000000191. The zero-order chi connectivity index (χ0) is 14.3. The van der Waals surface area contributed by atoms with Crippen molar-refractivity contribution >= 4 is 23.2 Å². The molecule has 0 radical (unpaired) electrons. The summed E-state index contributed by atoms with van der Waals surface area (Å²) in [6.07, 6.45) is 5.27. The fraction of sp³-hybridized carbons (Fsp3) is 0.200. The predicted molar refractivity (Wildman–Crippen MR) is 68.4 cm³/mol. The van der Waals surface area contributed by atoms with Crippen LogP contribution in [-0.4, -0.2) is 29.2 Å². The number of ether oxygens (including phenoxy) is 2. The van der Waals surface area contributed by atoms with E-state index in [1.54, 1.807) is 0 Å². The molecule has 0 atom stereocenters. The van der Waals surface area contributed by atoms with Crippen molar-refractivity contribution in [2.24, 2.45) is 0 Å². The number of hydrogen-bond donors (Lipinski definition) is 0. The van der Waals surface area contributed by atoms with E-state index in [9.17, 15) is 5.21 Å². The molecule has 2 heterocycles. The molecule has 102 valence electrons. The fourth-order valence-corrected chi connectivity index (χ4v) is 1.26. The first kappa shape index (κ1) is 15.2. The van der Waals surface area contributed by atoms with Gasteiger partial charge in [0, 0.05) is 0 Å². The van der Waals surface area contributed by atoms with Gasteiger partial charge in [-0.05, 0) is 0 Å². The quantitative estimate of drug-likeness (QED) is 0.618. The Hall–Kier alpha value is -1.86. The molecule has 0 N–H and O–H groups in total. The van der Waals surface area contributed by atoms with Crippen molar-refractivity contribution < 1.29 is 14.2 Å². The van der Waals surface area contributed by atoms with Crippen LogP contribution in [0.15, 0.2) is 24.8 Å². The van der Waals surface area contributed by atoms with Crippen molar-refractivity contribution in [3.8, 4) is 11.8 Å². The molecule has 7 nitrogen and oxygen atoms in total. The van der Waals surface area contributed by atoms with E-state index >= 15 is 0 Å². The van der Waals surface area contributed by atoms with Crippen LogP contribution >= 0.6 is 23.2 Å². The van der Waals surface area contributed by atoms with Gasteiger partial charge in [0.2, 0.25) is 18.3 Å². The van der Waals surface area contributed by atoms with Crippen LogP contribution in [-0.2, 0) is 0 Å². The molecular weight excluding hydrogens is 295 g/mol. The highest BCUT2D eigenvalue weighted by atomic mass is 35.5. The van der Waals surface area contributed by atoms with Gasteiger partial charge in [0.15, 0.2) is 10.3 Å². The largest absolute Gasteiger partial charge is 0.618 e. The molecule has 0 saturated carbocycles. The van der Waals surface area contributed by atoms with Crippen molar-refractivity contribution in [2.75, 3.05) is 14.2 Å². The van der Waals surface area contributed by atoms with Crippen LogP contribution in [0, 0.1) is 5.21 Å². The third-order valence-corrected chi connectivity index (χ3v) is 2.05. The molecule has 2 aromatic rings. The number of hydrogen-bond acceptors (Lipinski definition) is 6. The van der Waals surface area contributed by atoms with Gasteiger partial charge in [-0.3, -0.25) is 4.98 Å². The van der Waals surface area contributed by atoms with Gasteiger partial charge in [0.25, 0.3) is 5.88 Å². The van der Waals surface area contributed by atoms with Crippen molar-refractivity contribution in [1.29, 1.82) is 0 Å². The van der Waals surface area contributed by atoms with E-state index in [0.29, 0.717) is 15.8 Å². The second kappa shape index (κ2) is 7.55. The Kier molecular flexibility index (Phi) is 6.04. The first-order valence-electron chi connectivity index (χ1n) is 4.87. The lowest BCUT2D eigenvalue weighted by atomic mass is 10.7. The predicted octanol–water partition coefficient (Wildman–Crippen LogP) is 1.52. The molecule has 0 saturated heterocycles. The van der Waals surface area contributed by atoms with E-state index in [0.717, 1.165) is 6.20 Å². The molecule has 0 aliphatic heterocycles. The Bertz CT molecular complexity index is 522. The van der Waals surface area contributed by atoms with E-state index in [1.165, 1.54) is 32.8 Å². The standard InChI is InChI=1S/C5H5ClN2O2.C5H5ClN2O/c1-10-5-3-8(9)2-4(6)7-5;1-9-5-3-7-2-4(6)8-5/h2-3H,1H3;2-3H,1H3. The molecule has 0 bridgehead atoms. The van der Waals surface area contributed by atoms with Crippen LogP contribution in [0.1, 0.15) is 0 Å². The second-order valence-corrected chi connectivity index (χ2v) is 3.75. The van der Waals surface area contributed by atoms with E-state index in [4.69, 9.17) is 27.9 Å². The average molecular weight is 305 g/mol. The smallest absolute Gasteiger partial charge is 0.282 e. The third kappa shape index (κ3) is 5.54. The van der Waals surface area contributed by atoms with Crippen LogP contribution in [0.5, 0.6) is 11.8 Å². The molecular formula is C10H10Cl2N4O3. The van der Waals surface area contributed by atoms with Gasteiger partial charge in [-0.2, -0.15) is 14.7 Å². The van der Waals surface area contributed by atoms with Gasteiger partial charge in [0.05, 0.1) is 26.6 Å². The zero-order valence-electron chi connectivity index (χ0n) is 10.1. The SMILES string of the molecule is COc1c[n+]([O-])cc(Cl)n1.COc1cncc(Cl)n1. The first-order chi connectivity index (χ1) is 9.05. The summed E-state index contributed by atoms with van der Waals surface area (Å²) in [7, 11) is 2.93. The summed E-state index contributed by atoms with van der Waals surface area (Å²) in [6, 6.07) is 0. The minimum atomic E-state index is 0.120. The number of nitrogens with zero attached hydrogens (tertiary/aromatic N) is 4. The minimum Gasteiger partial charge on any atom is -0.618 e. The third-order valence-electron chi connectivity index (χ3n) is 1.69. The van der Waals surface area contributed by atoms with Gasteiger partial charge >= 0.3 is 0 Å². The average Bonchev–Trinajstić information content (AvgIpc) is 2.38. The molecule has 0 amide bonds. The van der Waals surface area contributed by atoms with Crippen molar-refractivity contribution in [2.45, 2.75) is 0 Å². The summed E-state index contributed by atoms with van der Waals surface area (Å²) >= 11 is 10.9. The molecule has 0 fully saturated rings. The zero-order valence-corrected chi connectivity index (χ0v) is 11.6. The van der Waals surface area contributed by atoms with Crippen LogP contribution in [0.25, 0.3) is 0 Å². The maximum absolute atomic E-state index is 10.6. The topological polar surface area (TPSA) is 84.1 Å². The summed E-state index contributed by atoms with van der Waals surface area (Å²) in [4.78, 5) is 11.2. The van der Waals surface area contributed by atoms with Gasteiger partial charge < -0.3 is 14.7 Å². The monoisotopic (exact) mass is 304 g/mol. The van der Waals surface area contributed by atoms with Crippen molar-refractivity contribution in [1.82, 2.24) is 15.0 Å². The molecule has 0 spiro atoms. The van der Waals surface area contributed by atoms with Crippen molar-refractivity contribution in [3.05, 3.63) is 40.3 Å². The van der Waals surface area contributed by atoms with E-state index in [-0.39, 0.29) is 11.0 Å². The molecule has 0 aliphatic carbocycles. The van der Waals surface area contributed by atoms with Crippen LogP contribution in [0.3, 0.4) is 0 Å². The van der Waals surface area contributed by atoms with Crippen LogP contribution in [0.4, 0.5) is 0 Å². The molecule has 0 unspecified atom stereocenters. The first-order valence-corrected chi connectivity index (χ1v) is 5.62. The van der Waals surface area contributed by atoms with Crippen LogP contribution < -0.4 is 14.2 Å². The van der Waals surface area contributed by atoms with E-state index in [2.05, 4.69) is 19.7 Å². The molecule has 9 heteroatoms. The Morgan fingerprint density at radius 3 is 2.11 bits per heavy atom. The highest BCUT2D eigenvalue weighted by molar-refractivity contribution is 6.29. The maximum atomic E-state index is 10.6. The van der Waals surface area contributed by atoms with Gasteiger partial charge in [0.1, 0.15) is 0 Å². The summed E-state index contributed by atoms with van der Waals surface area (Å²) in [6.45, 7) is 0. The number of methoxy groups -OCH3 is 2.